The fourth-order valence-electron chi connectivity index (χ4n) is 2.04. The molecule has 2 unspecified atom stereocenters. The van der Waals surface area contributed by atoms with Crippen molar-refractivity contribution < 1.29 is 0 Å². The maximum Gasteiger partial charge on any atom is 0.0671 e. The van der Waals surface area contributed by atoms with Crippen LogP contribution < -0.4 is 5.73 Å². The number of hydrogen-bond donors (Lipinski definition) is 1. The second-order valence-electron chi connectivity index (χ2n) is 4.25. The van der Waals surface area contributed by atoms with Crippen LogP contribution in [0.1, 0.15) is 38.4 Å². The minimum absolute atomic E-state index is 0.145. The number of likely N-dealkylation sites (N-methyl/N-ethyl adjacent to an activating group) is 1. The van der Waals surface area contributed by atoms with Crippen LogP contribution in [0.15, 0.2) is 24.4 Å². The molecule has 0 saturated carbocycles. The van der Waals surface area contributed by atoms with E-state index in [1.54, 1.807) is 0 Å². The lowest BCUT2D eigenvalue weighted by Gasteiger charge is -2.31. The van der Waals surface area contributed by atoms with Crippen LogP contribution in [-0.2, 0) is 0 Å². The standard InChI is InChI=1S/C13H23N3/c1-4-10-16(3)13(11(14)5-2)12-8-6-7-9-15-12/h6-9,11,13H,4-5,10,14H2,1-3H3. The van der Waals surface area contributed by atoms with Crippen molar-refractivity contribution in [3.63, 3.8) is 0 Å². The molecule has 1 rings (SSSR count). The van der Waals surface area contributed by atoms with E-state index in [-0.39, 0.29) is 12.1 Å². The van der Waals surface area contributed by atoms with Crippen molar-refractivity contribution in [3.8, 4) is 0 Å². The molecule has 1 aromatic heterocycles. The van der Waals surface area contributed by atoms with E-state index >= 15 is 0 Å². The van der Waals surface area contributed by atoms with E-state index in [0.717, 1.165) is 25.1 Å². The molecule has 0 aliphatic heterocycles. The summed E-state index contributed by atoms with van der Waals surface area (Å²) in [6, 6.07) is 6.40. The zero-order valence-electron chi connectivity index (χ0n) is 10.6. The minimum atomic E-state index is 0.145. The molecule has 2 N–H and O–H groups in total. The smallest absolute Gasteiger partial charge is 0.0671 e. The molecule has 0 amide bonds. The highest BCUT2D eigenvalue weighted by Crippen LogP contribution is 2.21. The maximum atomic E-state index is 6.20. The molecular weight excluding hydrogens is 198 g/mol. The molecule has 0 aromatic carbocycles. The molecule has 3 heteroatoms. The summed E-state index contributed by atoms with van der Waals surface area (Å²) < 4.78 is 0. The second kappa shape index (κ2) is 6.61. The molecule has 3 nitrogen and oxygen atoms in total. The Morgan fingerprint density at radius 3 is 2.62 bits per heavy atom. The lowest BCUT2D eigenvalue weighted by molar-refractivity contribution is 0.206. The van der Waals surface area contributed by atoms with E-state index in [0.29, 0.717) is 0 Å². The predicted molar refractivity (Wildman–Crippen MR) is 68.2 cm³/mol. The maximum absolute atomic E-state index is 6.20. The van der Waals surface area contributed by atoms with Gasteiger partial charge in [-0.05, 0) is 38.6 Å². The van der Waals surface area contributed by atoms with Crippen LogP contribution in [0.2, 0.25) is 0 Å². The summed E-state index contributed by atoms with van der Waals surface area (Å²) in [6.07, 6.45) is 3.94. The van der Waals surface area contributed by atoms with Crippen molar-refractivity contribution in [3.05, 3.63) is 30.1 Å². The van der Waals surface area contributed by atoms with Gasteiger partial charge in [0.05, 0.1) is 11.7 Å². The SMILES string of the molecule is CCCN(C)C(c1ccccn1)C(N)CC. The van der Waals surface area contributed by atoms with Gasteiger partial charge in [-0.2, -0.15) is 0 Å². The molecular formula is C13H23N3. The first-order chi connectivity index (χ1) is 7.70. The van der Waals surface area contributed by atoms with Gasteiger partial charge in [0.1, 0.15) is 0 Å². The Morgan fingerprint density at radius 1 is 1.38 bits per heavy atom. The molecule has 0 aliphatic rings. The van der Waals surface area contributed by atoms with Gasteiger partial charge in [0.25, 0.3) is 0 Å². The van der Waals surface area contributed by atoms with Crippen LogP contribution >= 0.6 is 0 Å². The lowest BCUT2D eigenvalue weighted by Crippen LogP contribution is -2.39. The van der Waals surface area contributed by atoms with Crippen LogP contribution in [0.25, 0.3) is 0 Å². The number of nitrogens with zero attached hydrogens (tertiary/aromatic N) is 2. The Hall–Kier alpha value is -0.930. The number of rotatable bonds is 6. The number of aromatic nitrogens is 1. The summed E-state index contributed by atoms with van der Waals surface area (Å²) in [6.45, 7) is 5.36. The normalized spacial score (nSPS) is 15.1. The zero-order valence-corrected chi connectivity index (χ0v) is 10.6. The summed E-state index contributed by atoms with van der Waals surface area (Å²) in [4.78, 5) is 6.73. The average molecular weight is 221 g/mol. The van der Waals surface area contributed by atoms with Gasteiger partial charge in [-0.15, -0.1) is 0 Å². The van der Waals surface area contributed by atoms with Gasteiger partial charge in [0.2, 0.25) is 0 Å². The van der Waals surface area contributed by atoms with Gasteiger partial charge in [-0.1, -0.05) is 19.9 Å². The fraction of sp³-hybridized carbons (Fsp3) is 0.615. The van der Waals surface area contributed by atoms with Crippen molar-refractivity contribution in [1.29, 1.82) is 0 Å². The van der Waals surface area contributed by atoms with E-state index in [4.69, 9.17) is 5.73 Å². The number of nitrogens with two attached hydrogens (primary N) is 1. The third kappa shape index (κ3) is 3.29. The van der Waals surface area contributed by atoms with Gasteiger partial charge in [-0.25, -0.2) is 0 Å². The quantitative estimate of drug-likeness (QED) is 0.800. The Morgan fingerprint density at radius 2 is 2.12 bits per heavy atom. The average Bonchev–Trinajstić information content (AvgIpc) is 2.31. The van der Waals surface area contributed by atoms with E-state index < -0.39 is 0 Å². The Labute approximate surface area is 98.7 Å². The van der Waals surface area contributed by atoms with Crippen molar-refractivity contribution in [2.75, 3.05) is 13.6 Å². The first-order valence-electron chi connectivity index (χ1n) is 6.07. The number of hydrogen-bond acceptors (Lipinski definition) is 3. The van der Waals surface area contributed by atoms with Crippen LogP contribution in [0.5, 0.6) is 0 Å². The third-order valence-electron chi connectivity index (χ3n) is 2.92. The molecule has 0 bridgehead atoms. The van der Waals surface area contributed by atoms with Gasteiger partial charge in [0.15, 0.2) is 0 Å². The first-order valence-corrected chi connectivity index (χ1v) is 6.07. The van der Waals surface area contributed by atoms with Crippen LogP contribution in [0.4, 0.5) is 0 Å². The van der Waals surface area contributed by atoms with Crippen molar-refractivity contribution in [2.45, 2.75) is 38.8 Å². The van der Waals surface area contributed by atoms with Crippen molar-refractivity contribution in [2.24, 2.45) is 5.73 Å². The summed E-state index contributed by atoms with van der Waals surface area (Å²) in [7, 11) is 2.12. The summed E-state index contributed by atoms with van der Waals surface area (Å²) >= 11 is 0. The van der Waals surface area contributed by atoms with E-state index in [2.05, 4.69) is 36.8 Å². The molecule has 0 saturated heterocycles. The lowest BCUT2D eigenvalue weighted by atomic mass is 10.0. The molecule has 0 aliphatic carbocycles. The second-order valence-corrected chi connectivity index (χ2v) is 4.25. The summed E-state index contributed by atoms with van der Waals surface area (Å²) in [5, 5.41) is 0. The van der Waals surface area contributed by atoms with Crippen molar-refractivity contribution >= 4 is 0 Å². The van der Waals surface area contributed by atoms with Crippen molar-refractivity contribution in [1.82, 2.24) is 9.88 Å². The molecule has 2 atom stereocenters. The molecule has 16 heavy (non-hydrogen) atoms. The zero-order chi connectivity index (χ0) is 12.0. The minimum Gasteiger partial charge on any atom is -0.326 e. The van der Waals surface area contributed by atoms with Gasteiger partial charge in [0, 0.05) is 12.2 Å². The predicted octanol–water partition coefficient (Wildman–Crippen LogP) is 2.20. The largest absolute Gasteiger partial charge is 0.326 e. The molecule has 90 valence electrons. The highest BCUT2D eigenvalue weighted by molar-refractivity contribution is 5.11. The van der Waals surface area contributed by atoms with Crippen LogP contribution in [-0.4, -0.2) is 29.5 Å². The van der Waals surface area contributed by atoms with Crippen LogP contribution in [0, 0.1) is 0 Å². The van der Waals surface area contributed by atoms with Crippen LogP contribution in [0.3, 0.4) is 0 Å². The molecule has 0 spiro atoms. The Kier molecular flexibility index (Phi) is 5.43. The van der Waals surface area contributed by atoms with Gasteiger partial charge < -0.3 is 5.73 Å². The van der Waals surface area contributed by atoms with E-state index in [9.17, 15) is 0 Å². The van der Waals surface area contributed by atoms with E-state index in [1.165, 1.54) is 0 Å². The summed E-state index contributed by atoms with van der Waals surface area (Å²) in [5.41, 5.74) is 7.28. The first kappa shape index (κ1) is 13.1. The third-order valence-corrected chi connectivity index (χ3v) is 2.92. The van der Waals surface area contributed by atoms with Gasteiger partial charge >= 0.3 is 0 Å². The highest BCUT2D eigenvalue weighted by Gasteiger charge is 2.23. The fourth-order valence-corrected chi connectivity index (χ4v) is 2.04. The highest BCUT2D eigenvalue weighted by atomic mass is 15.2. The topological polar surface area (TPSA) is 42.2 Å². The molecule has 0 radical (unpaired) electrons. The summed E-state index contributed by atoms with van der Waals surface area (Å²) in [5.74, 6) is 0. The number of pyridine rings is 1. The Bertz CT molecular complexity index is 286. The molecule has 1 aromatic rings. The Balaban J connectivity index is 2.87. The van der Waals surface area contributed by atoms with Gasteiger partial charge in [-0.3, -0.25) is 9.88 Å². The molecule has 1 heterocycles. The van der Waals surface area contributed by atoms with E-state index in [1.807, 2.05) is 18.3 Å². The monoisotopic (exact) mass is 221 g/mol. The molecule has 0 fully saturated rings.